The zero-order valence-electron chi connectivity index (χ0n) is 14.0. The summed E-state index contributed by atoms with van der Waals surface area (Å²) in [6, 6.07) is 5.96. The van der Waals surface area contributed by atoms with Crippen LogP contribution in [-0.2, 0) is 20.7 Å². The first-order chi connectivity index (χ1) is 11.6. The van der Waals surface area contributed by atoms with Crippen LogP contribution < -0.4 is 4.74 Å². The summed E-state index contributed by atoms with van der Waals surface area (Å²) in [6.45, 7) is 1.93. The van der Waals surface area contributed by atoms with E-state index in [1.54, 1.807) is 7.11 Å². The lowest BCUT2D eigenvalue weighted by Gasteiger charge is -2.30. The maximum absolute atomic E-state index is 11.9. The van der Waals surface area contributed by atoms with Gasteiger partial charge in [0.2, 0.25) is 0 Å². The van der Waals surface area contributed by atoms with Crippen molar-refractivity contribution >= 4 is 22.7 Å². The van der Waals surface area contributed by atoms with Gasteiger partial charge in [0.25, 0.3) is 0 Å². The topological polar surface area (TPSA) is 71.6 Å². The molecule has 1 aromatic carbocycles. The number of esters is 1. The largest absolute Gasteiger partial charge is 0.497 e. The van der Waals surface area contributed by atoms with Crippen molar-refractivity contribution in [2.75, 3.05) is 33.9 Å². The van der Waals surface area contributed by atoms with Crippen molar-refractivity contribution in [3.8, 4) is 5.75 Å². The summed E-state index contributed by atoms with van der Waals surface area (Å²) in [4.78, 5) is 29.0. The van der Waals surface area contributed by atoms with Crippen LogP contribution in [0.1, 0.15) is 12.0 Å². The van der Waals surface area contributed by atoms with Crippen LogP contribution in [0.2, 0.25) is 0 Å². The van der Waals surface area contributed by atoms with E-state index in [0.29, 0.717) is 19.5 Å². The fraction of sp³-hybridized carbons (Fsp3) is 0.444. The van der Waals surface area contributed by atoms with E-state index < -0.39 is 11.9 Å². The average Bonchev–Trinajstić information content (AvgIpc) is 3.02. The molecule has 2 heterocycles. The molecular formula is C18H22N2O4. The van der Waals surface area contributed by atoms with E-state index >= 15 is 0 Å². The van der Waals surface area contributed by atoms with Gasteiger partial charge in [0.05, 0.1) is 14.2 Å². The highest BCUT2D eigenvalue weighted by Crippen LogP contribution is 2.24. The van der Waals surface area contributed by atoms with Gasteiger partial charge in [-0.15, -0.1) is 0 Å². The number of nitrogens with zero attached hydrogens (tertiary/aromatic N) is 1. The highest BCUT2D eigenvalue weighted by molar-refractivity contribution is 5.99. The minimum atomic E-state index is -0.646. The fourth-order valence-electron chi connectivity index (χ4n) is 3.22. The molecule has 128 valence electrons. The molecule has 0 aliphatic carbocycles. The predicted molar refractivity (Wildman–Crippen MR) is 90.1 cm³/mol. The first-order valence-corrected chi connectivity index (χ1v) is 8.09. The van der Waals surface area contributed by atoms with Crippen LogP contribution in [0.15, 0.2) is 24.4 Å². The number of H-pyrrole nitrogens is 1. The minimum absolute atomic E-state index is 0.0186. The van der Waals surface area contributed by atoms with Gasteiger partial charge >= 0.3 is 5.97 Å². The Bertz CT molecular complexity index is 745. The summed E-state index contributed by atoms with van der Waals surface area (Å²) in [6.07, 6.45) is 3.26. The van der Waals surface area contributed by atoms with Crippen molar-refractivity contribution in [1.82, 2.24) is 9.88 Å². The Labute approximate surface area is 140 Å². The van der Waals surface area contributed by atoms with Crippen LogP contribution in [0.4, 0.5) is 0 Å². The first kappa shape index (κ1) is 16.5. The van der Waals surface area contributed by atoms with Crippen molar-refractivity contribution in [2.24, 2.45) is 5.92 Å². The van der Waals surface area contributed by atoms with Gasteiger partial charge in [0.15, 0.2) is 0 Å². The van der Waals surface area contributed by atoms with Crippen LogP contribution in [0, 0.1) is 5.92 Å². The Morgan fingerprint density at radius 1 is 1.38 bits per heavy atom. The number of hydrogen-bond acceptors (Lipinski definition) is 5. The molecule has 0 saturated carbocycles. The number of ether oxygens (including phenoxy) is 2. The molecule has 1 aliphatic rings. The summed E-state index contributed by atoms with van der Waals surface area (Å²) in [5.74, 6) is -0.263. The standard InChI is InChI=1S/C18H22N2O4/c1-23-13-3-4-16-14(9-13)12(10-19-16)5-7-20-8-6-17(21)15(11-20)18(22)24-2/h3-4,9-10,15,19H,5-8,11H2,1-2H3. The van der Waals surface area contributed by atoms with Gasteiger partial charge in [-0.05, 0) is 30.2 Å². The minimum Gasteiger partial charge on any atom is -0.497 e. The molecule has 1 aromatic heterocycles. The molecule has 3 rings (SSSR count). The highest BCUT2D eigenvalue weighted by Gasteiger charge is 2.33. The summed E-state index contributed by atoms with van der Waals surface area (Å²) in [7, 11) is 2.99. The van der Waals surface area contributed by atoms with Crippen molar-refractivity contribution < 1.29 is 19.1 Å². The molecule has 1 fully saturated rings. The average molecular weight is 330 g/mol. The van der Waals surface area contributed by atoms with Gasteiger partial charge in [-0.2, -0.15) is 0 Å². The number of methoxy groups -OCH3 is 2. The number of benzene rings is 1. The number of rotatable bonds is 5. The molecule has 0 spiro atoms. The lowest BCUT2D eigenvalue weighted by molar-refractivity contribution is -0.151. The third-order valence-corrected chi connectivity index (χ3v) is 4.66. The van der Waals surface area contributed by atoms with Crippen LogP contribution in [0.3, 0.4) is 0 Å². The van der Waals surface area contributed by atoms with Gasteiger partial charge in [0, 0.05) is 43.2 Å². The maximum atomic E-state index is 11.9. The number of piperidine rings is 1. The number of aromatic nitrogens is 1. The second kappa shape index (κ2) is 7.05. The maximum Gasteiger partial charge on any atom is 0.317 e. The van der Waals surface area contributed by atoms with Gasteiger partial charge in [0.1, 0.15) is 17.5 Å². The number of hydrogen-bond donors (Lipinski definition) is 1. The van der Waals surface area contributed by atoms with Crippen molar-refractivity contribution in [3.05, 3.63) is 30.0 Å². The van der Waals surface area contributed by atoms with E-state index in [0.717, 1.165) is 29.6 Å². The number of aromatic amines is 1. The zero-order chi connectivity index (χ0) is 17.1. The molecule has 1 unspecified atom stereocenters. The van der Waals surface area contributed by atoms with E-state index in [4.69, 9.17) is 9.47 Å². The van der Waals surface area contributed by atoms with Crippen LogP contribution in [0.5, 0.6) is 5.75 Å². The van der Waals surface area contributed by atoms with E-state index in [2.05, 4.69) is 9.88 Å². The molecular weight excluding hydrogens is 308 g/mol. The van der Waals surface area contributed by atoms with Crippen molar-refractivity contribution in [3.63, 3.8) is 0 Å². The molecule has 6 nitrogen and oxygen atoms in total. The van der Waals surface area contributed by atoms with E-state index in [9.17, 15) is 9.59 Å². The van der Waals surface area contributed by atoms with E-state index in [1.165, 1.54) is 12.7 Å². The molecule has 6 heteroatoms. The lowest BCUT2D eigenvalue weighted by Crippen LogP contribution is -2.45. The van der Waals surface area contributed by atoms with Crippen LogP contribution >= 0.6 is 0 Å². The number of carbonyl (C=O) groups is 2. The number of carbonyl (C=O) groups excluding carboxylic acids is 2. The number of likely N-dealkylation sites (tertiary alicyclic amines) is 1. The number of nitrogens with one attached hydrogen (secondary N) is 1. The van der Waals surface area contributed by atoms with Gasteiger partial charge in [-0.1, -0.05) is 0 Å². The second-order valence-electron chi connectivity index (χ2n) is 6.07. The molecule has 1 atom stereocenters. The van der Waals surface area contributed by atoms with Crippen LogP contribution in [-0.4, -0.2) is 55.5 Å². The van der Waals surface area contributed by atoms with E-state index in [1.807, 2.05) is 24.4 Å². The van der Waals surface area contributed by atoms with Crippen LogP contribution in [0.25, 0.3) is 10.9 Å². The number of ketones is 1. The number of Topliss-reactive ketones (excluding diaryl/α,β-unsaturated/α-hetero) is 1. The Hall–Kier alpha value is -2.34. The first-order valence-electron chi connectivity index (χ1n) is 8.09. The quantitative estimate of drug-likeness (QED) is 0.668. The Morgan fingerprint density at radius 3 is 2.96 bits per heavy atom. The third kappa shape index (κ3) is 3.28. The summed E-state index contributed by atoms with van der Waals surface area (Å²) < 4.78 is 10.0. The van der Waals surface area contributed by atoms with Crippen molar-refractivity contribution in [1.29, 1.82) is 0 Å². The summed E-state index contributed by atoms with van der Waals surface area (Å²) in [5.41, 5.74) is 2.28. The lowest BCUT2D eigenvalue weighted by atomic mass is 9.96. The second-order valence-corrected chi connectivity index (χ2v) is 6.07. The summed E-state index contributed by atoms with van der Waals surface area (Å²) >= 11 is 0. The molecule has 0 bridgehead atoms. The molecule has 0 amide bonds. The number of fused-ring (bicyclic) bond motifs is 1. The molecule has 1 saturated heterocycles. The Morgan fingerprint density at radius 2 is 2.21 bits per heavy atom. The smallest absolute Gasteiger partial charge is 0.317 e. The fourth-order valence-corrected chi connectivity index (χ4v) is 3.22. The van der Waals surface area contributed by atoms with Gasteiger partial charge in [-0.25, -0.2) is 0 Å². The van der Waals surface area contributed by atoms with Gasteiger partial charge < -0.3 is 19.4 Å². The third-order valence-electron chi connectivity index (χ3n) is 4.66. The predicted octanol–water partition coefficient (Wildman–Crippen LogP) is 1.78. The highest BCUT2D eigenvalue weighted by atomic mass is 16.5. The normalized spacial score (nSPS) is 18.8. The Balaban J connectivity index is 1.67. The summed E-state index contributed by atoms with van der Waals surface area (Å²) in [5, 5.41) is 1.15. The molecule has 24 heavy (non-hydrogen) atoms. The van der Waals surface area contributed by atoms with Gasteiger partial charge in [-0.3, -0.25) is 9.59 Å². The molecule has 2 aromatic rings. The zero-order valence-corrected chi connectivity index (χ0v) is 14.0. The SMILES string of the molecule is COC(=O)C1CN(CCc2c[nH]c3ccc(OC)cc23)CCC1=O. The molecule has 0 radical (unpaired) electrons. The van der Waals surface area contributed by atoms with Crippen molar-refractivity contribution in [2.45, 2.75) is 12.8 Å². The molecule has 1 N–H and O–H groups in total. The Kier molecular flexibility index (Phi) is 4.85. The molecule has 1 aliphatic heterocycles. The monoisotopic (exact) mass is 330 g/mol. The van der Waals surface area contributed by atoms with E-state index in [-0.39, 0.29) is 5.78 Å².